The van der Waals surface area contributed by atoms with Gasteiger partial charge in [-0.3, -0.25) is 4.79 Å². The van der Waals surface area contributed by atoms with Gasteiger partial charge in [0.25, 0.3) is 0 Å². The molecule has 0 aromatic rings. The molecule has 3 nitrogen and oxygen atoms in total. The average molecular weight is 266 g/mol. The van der Waals surface area contributed by atoms with Crippen LogP contribution in [0.1, 0.15) is 65.7 Å². The van der Waals surface area contributed by atoms with Crippen LogP contribution < -0.4 is 10.6 Å². The molecule has 2 fully saturated rings. The summed E-state index contributed by atoms with van der Waals surface area (Å²) in [5.74, 6) is 0.927. The molecule has 2 saturated carbocycles. The van der Waals surface area contributed by atoms with Gasteiger partial charge in [0.2, 0.25) is 5.91 Å². The number of nitrogens with one attached hydrogen (secondary N) is 2. The van der Waals surface area contributed by atoms with Crippen molar-refractivity contribution >= 4 is 5.91 Å². The van der Waals surface area contributed by atoms with E-state index in [4.69, 9.17) is 0 Å². The molecule has 19 heavy (non-hydrogen) atoms. The summed E-state index contributed by atoms with van der Waals surface area (Å²) in [4.78, 5) is 12.0. The molecule has 0 bridgehead atoms. The lowest BCUT2D eigenvalue weighted by molar-refractivity contribution is -0.123. The van der Waals surface area contributed by atoms with Crippen LogP contribution in [0.4, 0.5) is 0 Å². The second-order valence-corrected chi connectivity index (χ2v) is 7.19. The van der Waals surface area contributed by atoms with Gasteiger partial charge in [0.15, 0.2) is 0 Å². The molecule has 0 aromatic heterocycles. The van der Waals surface area contributed by atoms with E-state index in [1.54, 1.807) is 0 Å². The van der Waals surface area contributed by atoms with Crippen molar-refractivity contribution in [3.05, 3.63) is 0 Å². The first-order valence-corrected chi connectivity index (χ1v) is 8.04. The summed E-state index contributed by atoms with van der Waals surface area (Å²) in [6, 6.07) is 0.415. The fourth-order valence-corrected chi connectivity index (χ4v) is 3.46. The highest BCUT2D eigenvalue weighted by molar-refractivity contribution is 5.81. The van der Waals surface area contributed by atoms with Gasteiger partial charge in [-0.1, -0.05) is 26.7 Å². The summed E-state index contributed by atoms with van der Waals surface area (Å²) < 4.78 is 0. The Balaban J connectivity index is 1.78. The smallest absolute Gasteiger partial charge is 0.237 e. The third-order valence-electron chi connectivity index (χ3n) is 4.61. The zero-order valence-corrected chi connectivity index (χ0v) is 12.8. The Morgan fingerprint density at radius 2 is 1.84 bits per heavy atom. The van der Waals surface area contributed by atoms with E-state index in [0.717, 1.165) is 25.3 Å². The fraction of sp³-hybridized carbons (Fsp3) is 0.938. The van der Waals surface area contributed by atoms with Gasteiger partial charge in [0.1, 0.15) is 0 Å². The van der Waals surface area contributed by atoms with Gasteiger partial charge in [-0.25, -0.2) is 0 Å². The van der Waals surface area contributed by atoms with Crippen LogP contribution in [-0.2, 0) is 4.79 Å². The molecule has 0 aliphatic heterocycles. The highest BCUT2D eigenvalue weighted by atomic mass is 16.2. The maximum atomic E-state index is 12.0. The van der Waals surface area contributed by atoms with Gasteiger partial charge in [0, 0.05) is 12.6 Å². The molecular weight excluding hydrogens is 236 g/mol. The summed E-state index contributed by atoms with van der Waals surface area (Å²) in [5, 5.41) is 6.57. The van der Waals surface area contributed by atoms with Crippen molar-refractivity contribution in [1.82, 2.24) is 10.6 Å². The number of hydrogen-bond donors (Lipinski definition) is 2. The van der Waals surface area contributed by atoms with Crippen molar-refractivity contribution in [2.24, 2.45) is 11.3 Å². The molecule has 1 atom stereocenters. The molecule has 2 aliphatic rings. The van der Waals surface area contributed by atoms with Crippen molar-refractivity contribution in [3.8, 4) is 0 Å². The van der Waals surface area contributed by atoms with Gasteiger partial charge in [0.05, 0.1) is 6.04 Å². The highest BCUT2D eigenvalue weighted by Gasteiger charge is 2.35. The molecule has 1 unspecified atom stereocenters. The normalized spacial score (nSPS) is 23.6. The number of hydrogen-bond acceptors (Lipinski definition) is 2. The first-order chi connectivity index (χ1) is 9.01. The number of carbonyl (C=O) groups is 1. The summed E-state index contributed by atoms with van der Waals surface area (Å²) in [7, 11) is 0. The Labute approximate surface area is 117 Å². The molecule has 3 heteroatoms. The Morgan fingerprint density at radius 3 is 2.37 bits per heavy atom. The van der Waals surface area contributed by atoms with Crippen LogP contribution in [0.5, 0.6) is 0 Å². The number of carbonyl (C=O) groups excluding carboxylic acids is 1. The second-order valence-electron chi connectivity index (χ2n) is 7.19. The fourth-order valence-electron chi connectivity index (χ4n) is 3.46. The Kier molecular flexibility index (Phi) is 4.88. The predicted octanol–water partition coefficient (Wildman–Crippen LogP) is 2.85. The third kappa shape index (κ3) is 4.48. The molecule has 110 valence electrons. The molecule has 0 spiro atoms. The van der Waals surface area contributed by atoms with E-state index in [2.05, 4.69) is 24.5 Å². The van der Waals surface area contributed by atoms with Gasteiger partial charge in [-0.15, -0.1) is 0 Å². The van der Waals surface area contributed by atoms with E-state index < -0.39 is 0 Å². The average Bonchev–Trinajstić information content (AvgIpc) is 3.04. The lowest BCUT2D eigenvalue weighted by Gasteiger charge is -2.32. The molecule has 0 heterocycles. The monoisotopic (exact) mass is 266 g/mol. The van der Waals surface area contributed by atoms with E-state index >= 15 is 0 Å². The summed E-state index contributed by atoms with van der Waals surface area (Å²) in [6.07, 6.45) is 8.99. The molecule has 2 aliphatic carbocycles. The third-order valence-corrected chi connectivity index (χ3v) is 4.61. The molecule has 0 saturated heterocycles. The second kappa shape index (κ2) is 6.25. The Bertz CT molecular complexity index is 304. The van der Waals surface area contributed by atoms with Crippen LogP contribution in [0.25, 0.3) is 0 Å². The summed E-state index contributed by atoms with van der Waals surface area (Å²) in [5.41, 5.74) is 0.447. The predicted molar refractivity (Wildman–Crippen MR) is 79.0 cm³/mol. The molecule has 0 aromatic carbocycles. The van der Waals surface area contributed by atoms with Gasteiger partial charge < -0.3 is 10.6 Å². The first-order valence-electron chi connectivity index (χ1n) is 8.04. The molecule has 1 amide bonds. The quantitative estimate of drug-likeness (QED) is 0.744. The van der Waals surface area contributed by atoms with E-state index in [0.29, 0.717) is 11.5 Å². The molecule has 2 rings (SSSR count). The van der Waals surface area contributed by atoms with Crippen LogP contribution in [0.15, 0.2) is 0 Å². The Morgan fingerprint density at radius 1 is 1.21 bits per heavy atom. The SMILES string of the molecule is CC(C)CC1(CNC(C)C(=O)NC2CC2)CCCC1. The zero-order chi connectivity index (χ0) is 13.9. The van der Waals surface area contributed by atoms with Crippen molar-refractivity contribution < 1.29 is 4.79 Å². The minimum absolute atomic E-state index is 0.0507. The Hall–Kier alpha value is -0.570. The summed E-state index contributed by atoms with van der Waals surface area (Å²) >= 11 is 0. The van der Waals surface area contributed by atoms with Gasteiger partial charge >= 0.3 is 0 Å². The van der Waals surface area contributed by atoms with Crippen molar-refractivity contribution in [2.75, 3.05) is 6.54 Å². The lowest BCUT2D eigenvalue weighted by atomic mass is 9.78. The van der Waals surface area contributed by atoms with Crippen LogP contribution in [0.3, 0.4) is 0 Å². The lowest BCUT2D eigenvalue weighted by Crippen LogP contribution is -2.46. The highest BCUT2D eigenvalue weighted by Crippen LogP contribution is 2.42. The largest absolute Gasteiger partial charge is 0.352 e. The van der Waals surface area contributed by atoms with Crippen LogP contribution in [0, 0.1) is 11.3 Å². The van der Waals surface area contributed by atoms with E-state index in [1.807, 2.05) is 6.92 Å². The molecule has 0 radical (unpaired) electrons. The van der Waals surface area contributed by atoms with Crippen LogP contribution in [0.2, 0.25) is 0 Å². The minimum Gasteiger partial charge on any atom is -0.352 e. The van der Waals surface area contributed by atoms with Gasteiger partial charge in [-0.05, 0) is 50.4 Å². The number of rotatable bonds is 7. The van der Waals surface area contributed by atoms with E-state index in [-0.39, 0.29) is 11.9 Å². The zero-order valence-electron chi connectivity index (χ0n) is 12.8. The van der Waals surface area contributed by atoms with E-state index in [9.17, 15) is 4.79 Å². The number of amides is 1. The molecular formula is C16H30N2O. The summed E-state index contributed by atoms with van der Waals surface area (Å²) in [6.45, 7) is 7.62. The van der Waals surface area contributed by atoms with Crippen LogP contribution >= 0.6 is 0 Å². The van der Waals surface area contributed by atoms with Crippen molar-refractivity contribution in [3.63, 3.8) is 0 Å². The topological polar surface area (TPSA) is 41.1 Å². The van der Waals surface area contributed by atoms with E-state index in [1.165, 1.54) is 32.1 Å². The van der Waals surface area contributed by atoms with Gasteiger partial charge in [-0.2, -0.15) is 0 Å². The maximum absolute atomic E-state index is 12.0. The van der Waals surface area contributed by atoms with Crippen LogP contribution in [-0.4, -0.2) is 24.5 Å². The molecule has 2 N–H and O–H groups in total. The van der Waals surface area contributed by atoms with Crippen molar-refractivity contribution in [2.45, 2.75) is 77.8 Å². The minimum atomic E-state index is -0.0507. The first kappa shape index (κ1) is 14.8. The maximum Gasteiger partial charge on any atom is 0.237 e. The van der Waals surface area contributed by atoms with Crippen molar-refractivity contribution in [1.29, 1.82) is 0 Å². The standard InChI is InChI=1S/C16H30N2O/c1-12(2)10-16(8-4-5-9-16)11-17-13(3)15(19)18-14-6-7-14/h12-14,17H,4-11H2,1-3H3,(H,18,19).